The highest BCUT2D eigenvalue weighted by atomic mass is 32.1. The molecule has 0 aliphatic rings. The Kier molecular flexibility index (Phi) is 2.05. The summed E-state index contributed by atoms with van der Waals surface area (Å²) in [4.78, 5) is 1.02. The average Bonchev–Trinajstić information content (AvgIpc) is 2.49. The molecular formula is C10H11N3S. The van der Waals surface area contributed by atoms with E-state index in [1.165, 1.54) is 0 Å². The van der Waals surface area contributed by atoms with Crippen molar-refractivity contribution in [3.63, 3.8) is 0 Å². The van der Waals surface area contributed by atoms with Crippen LogP contribution in [-0.4, -0.2) is 0 Å². The zero-order valence-corrected chi connectivity index (χ0v) is 8.34. The number of nitrogens with two attached hydrogens (primary N) is 3. The Morgan fingerprint density at radius 3 is 2.07 bits per heavy atom. The standard InChI is InChI=1S/C10H11N3S/c11-7-3-6(4-8(12)5-7)10-9(13)1-2-14-10/h1-5H,11-13H2. The molecule has 0 amide bonds. The van der Waals surface area contributed by atoms with Crippen molar-refractivity contribution in [2.75, 3.05) is 17.2 Å². The maximum Gasteiger partial charge on any atom is 0.0573 e. The third kappa shape index (κ3) is 1.52. The molecule has 1 aromatic carbocycles. The lowest BCUT2D eigenvalue weighted by Gasteiger charge is -2.03. The second kappa shape index (κ2) is 3.23. The van der Waals surface area contributed by atoms with Crippen LogP contribution in [0.25, 0.3) is 10.4 Å². The van der Waals surface area contributed by atoms with Crippen molar-refractivity contribution in [3.05, 3.63) is 29.6 Å². The van der Waals surface area contributed by atoms with E-state index in [4.69, 9.17) is 17.2 Å². The lowest BCUT2D eigenvalue weighted by molar-refractivity contribution is 1.66. The molecule has 0 aliphatic heterocycles. The number of hydrogen-bond acceptors (Lipinski definition) is 4. The minimum Gasteiger partial charge on any atom is -0.399 e. The van der Waals surface area contributed by atoms with Crippen molar-refractivity contribution in [3.8, 4) is 10.4 Å². The van der Waals surface area contributed by atoms with Gasteiger partial charge >= 0.3 is 0 Å². The smallest absolute Gasteiger partial charge is 0.0573 e. The summed E-state index contributed by atoms with van der Waals surface area (Å²) in [6.07, 6.45) is 0. The van der Waals surface area contributed by atoms with E-state index < -0.39 is 0 Å². The minimum atomic E-state index is 0.660. The number of thiophene rings is 1. The van der Waals surface area contributed by atoms with E-state index in [0.29, 0.717) is 11.4 Å². The molecule has 0 saturated carbocycles. The zero-order chi connectivity index (χ0) is 10.1. The first-order valence-electron chi connectivity index (χ1n) is 4.16. The summed E-state index contributed by atoms with van der Waals surface area (Å²) in [7, 11) is 0. The Labute approximate surface area is 86.1 Å². The molecular weight excluding hydrogens is 194 g/mol. The molecule has 14 heavy (non-hydrogen) atoms. The van der Waals surface area contributed by atoms with Crippen LogP contribution in [0.1, 0.15) is 0 Å². The minimum absolute atomic E-state index is 0.660. The summed E-state index contributed by atoms with van der Waals surface area (Å²) in [5.41, 5.74) is 20.3. The molecule has 0 saturated heterocycles. The van der Waals surface area contributed by atoms with Crippen LogP contribution >= 0.6 is 11.3 Å². The van der Waals surface area contributed by atoms with Crippen LogP contribution in [0.5, 0.6) is 0 Å². The number of benzene rings is 1. The topological polar surface area (TPSA) is 78.1 Å². The van der Waals surface area contributed by atoms with Gasteiger partial charge in [0.2, 0.25) is 0 Å². The van der Waals surface area contributed by atoms with Crippen LogP contribution in [0.15, 0.2) is 29.6 Å². The Hall–Kier alpha value is -1.68. The molecule has 0 atom stereocenters. The van der Waals surface area contributed by atoms with E-state index >= 15 is 0 Å². The summed E-state index contributed by atoms with van der Waals surface area (Å²) in [5.74, 6) is 0. The number of anilines is 3. The van der Waals surface area contributed by atoms with Crippen molar-refractivity contribution in [1.29, 1.82) is 0 Å². The van der Waals surface area contributed by atoms with E-state index in [2.05, 4.69) is 0 Å². The highest BCUT2D eigenvalue weighted by Crippen LogP contribution is 2.33. The maximum atomic E-state index is 5.80. The fraction of sp³-hybridized carbons (Fsp3) is 0. The summed E-state index contributed by atoms with van der Waals surface area (Å²) in [6, 6.07) is 7.35. The second-order valence-electron chi connectivity index (χ2n) is 3.09. The molecule has 0 fully saturated rings. The molecule has 0 aliphatic carbocycles. The summed E-state index contributed by atoms with van der Waals surface area (Å²) in [5, 5.41) is 1.95. The van der Waals surface area contributed by atoms with Crippen LogP contribution < -0.4 is 17.2 Å². The van der Waals surface area contributed by atoms with Gasteiger partial charge in [-0.1, -0.05) is 0 Å². The zero-order valence-electron chi connectivity index (χ0n) is 7.53. The molecule has 0 unspecified atom stereocenters. The third-order valence-corrected chi connectivity index (χ3v) is 2.91. The predicted octanol–water partition coefficient (Wildman–Crippen LogP) is 2.16. The normalized spacial score (nSPS) is 10.3. The van der Waals surface area contributed by atoms with Crippen molar-refractivity contribution < 1.29 is 0 Å². The van der Waals surface area contributed by atoms with Gasteiger partial charge in [-0.15, -0.1) is 11.3 Å². The predicted molar refractivity (Wildman–Crippen MR) is 63.0 cm³/mol. The Bertz CT molecular complexity index is 442. The average molecular weight is 205 g/mol. The van der Waals surface area contributed by atoms with E-state index in [1.54, 1.807) is 17.4 Å². The first kappa shape index (κ1) is 8.90. The van der Waals surface area contributed by atoms with E-state index in [9.17, 15) is 0 Å². The van der Waals surface area contributed by atoms with Crippen LogP contribution in [-0.2, 0) is 0 Å². The van der Waals surface area contributed by atoms with Crippen molar-refractivity contribution >= 4 is 28.4 Å². The molecule has 0 bridgehead atoms. The summed E-state index contributed by atoms with van der Waals surface area (Å²) >= 11 is 1.58. The molecule has 2 aromatic rings. The molecule has 4 heteroatoms. The lowest BCUT2D eigenvalue weighted by atomic mass is 10.1. The monoisotopic (exact) mass is 205 g/mol. The summed E-state index contributed by atoms with van der Waals surface area (Å²) in [6.45, 7) is 0. The molecule has 72 valence electrons. The largest absolute Gasteiger partial charge is 0.399 e. The SMILES string of the molecule is Nc1cc(N)cc(-c2sccc2N)c1. The van der Waals surface area contributed by atoms with Gasteiger partial charge in [0.25, 0.3) is 0 Å². The van der Waals surface area contributed by atoms with Crippen LogP contribution in [0.2, 0.25) is 0 Å². The molecule has 0 spiro atoms. The highest BCUT2D eigenvalue weighted by Gasteiger charge is 2.05. The fourth-order valence-electron chi connectivity index (χ4n) is 1.36. The first-order chi connectivity index (χ1) is 6.66. The fourth-order valence-corrected chi connectivity index (χ4v) is 2.17. The van der Waals surface area contributed by atoms with Gasteiger partial charge in [-0.25, -0.2) is 0 Å². The second-order valence-corrected chi connectivity index (χ2v) is 4.01. The lowest BCUT2D eigenvalue weighted by Crippen LogP contribution is -1.91. The summed E-state index contributed by atoms with van der Waals surface area (Å²) < 4.78 is 0. The van der Waals surface area contributed by atoms with E-state index in [1.807, 2.05) is 23.6 Å². The Morgan fingerprint density at radius 1 is 0.929 bits per heavy atom. The van der Waals surface area contributed by atoms with Gasteiger partial charge in [0.1, 0.15) is 0 Å². The van der Waals surface area contributed by atoms with E-state index in [0.717, 1.165) is 16.1 Å². The van der Waals surface area contributed by atoms with Crippen molar-refractivity contribution in [1.82, 2.24) is 0 Å². The van der Waals surface area contributed by atoms with Crippen LogP contribution in [0.4, 0.5) is 17.1 Å². The molecule has 1 aromatic heterocycles. The molecule has 3 nitrogen and oxygen atoms in total. The van der Waals surface area contributed by atoms with Gasteiger partial charge in [-0.2, -0.15) is 0 Å². The molecule has 0 radical (unpaired) electrons. The molecule has 1 heterocycles. The number of nitrogen functional groups attached to an aromatic ring is 3. The van der Waals surface area contributed by atoms with Crippen molar-refractivity contribution in [2.45, 2.75) is 0 Å². The maximum absolute atomic E-state index is 5.80. The number of hydrogen-bond donors (Lipinski definition) is 3. The van der Waals surface area contributed by atoms with Crippen LogP contribution in [0.3, 0.4) is 0 Å². The highest BCUT2D eigenvalue weighted by molar-refractivity contribution is 7.14. The van der Waals surface area contributed by atoms with E-state index in [-0.39, 0.29) is 0 Å². The van der Waals surface area contributed by atoms with Gasteiger partial charge in [0.15, 0.2) is 0 Å². The first-order valence-corrected chi connectivity index (χ1v) is 5.04. The molecule has 6 N–H and O–H groups in total. The van der Waals surface area contributed by atoms with Gasteiger partial charge < -0.3 is 17.2 Å². The van der Waals surface area contributed by atoms with Crippen LogP contribution in [0, 0.1) is 0 Å². The van der Waals surface area contributed by atoms with Crippen molar-refractivity contribution in [2.24, 2.45) is 0 Å². The van der Waals surface area contributed by atoms with Gasteiger partial charge in [0, 0.05) is 11.4 Å². The molecule has 2 rings (SSSR count). The van der Waals surface area contributed by atoms with Gasteiger partial charge in [-0.3, -0.25) is 0 Å². The number of rotatable bonds is 1. The Morgan fingerprint density at radius 2 is 1.57 bits per heavy atom. The quantitative estimate of drug-likeness (QED) is 0.624. The Balaban J connectivity index is 2.57. The van der Waals surface area contributed by atoms with Gasteiger partial charge in [0.05, 0.1) is 10.6 Å². The third-order valence-electron chi connectivity index (χ3n) is 1.94. The van der Waals surface area contributed by atoms with Gasteiger partial charge in [-0.05, 0) is 35.2 Å².